The van der Waals surface area contributed by atoms with Gasteiger partial charge in [0.15, 0.2) is 0 Å². The van der Waals surface area contributed by atoms with Crippen LogP contribution in [0, 0.1) is 10.1 Å². The third-order valence-electron chi connectivity index (χ3n) is 3.70. The molecule has 1 aliphatic rings. The fraction of sp³-hybridized carbons (Fsp3) is 0.250. The lowest BCUT2D eigenvalue weighted by molar-refractivity contribution is -0.385. The normalized spacial score (nSPS) is 13.0. The molecule has 108 valence electrons. The minimum Gasteiger partial charge on any atom is -0.457 e. The minimum atomic E-state index is -0.379. The van der Waals surface area contributed by atoms with E-state index < -0.39 is 0 Å². The van der Waals surface area contributed by atoms with Crippen LogP contribution in [-0.2, 0) is 18.2 Å². The largest absolute Gasteiger partial charge is 0.457 e. The summed E-state index contributed by atoms with van der Waals surface area (Å²) in [6, 6.07) is 11.0. The summed E-state index contributed by atoms with van der Waals surface area (Å²) in [7, 11) is 0. The van der Waals surface area contributed by atoms with Crippen LogP contribution in [-0.4, -0.2) is 4.92 Å². The van der Waals surface area contributed by atoms with Crippen LogP contribution in [0.4, 0.5) is 5.69 Å². The number of nitrogens with zero attached hydrogens (tertiary/aromatic N) is 1. The summed E-state index contributed by atoms with van der Waals surface area (Å²) in [4.78, 5) is 10.5. The number of nitro groups is 1. The summed E-state index contributed by atoms with van der Waals surface area (Å²) >= 11 is 3.28. The standard InChI is InChI=1S/C16H14BrNO3/c17-10-13-9-15(6-7-16(13)18(19)20)21-14-5-4-11-2-1-3-12(11)8-14/h4-9H,1-3,10H2. The van der Waals surface area contributed by atoms with E-state index in [4.69, 9.17) is 4.74 Å². The number of alkyl halides is 1. The molecule has 21 heavy (non-hydrogen) atoms. The summed E-state index contributed by atoms with van der Waals surface area (Å²) in [5.74, 6) is 1.40. The van der Waals surface area contributed by atoms with Crippen LogP contribution in [0.5, 0.6) is 11.5 Å². The average Bonchev–Trinajstić information content (AvgIpc) is 2.94. The number of ether oxygens (including phenoxy) is 1. The molecular formula is C16H14BrNO3. The second kappa shape index (κ2) is 5.85. The Labute approximate surface area is 131 Å². The van der Waals surface area contributed by atoms with Gasteiger partial charge in [-0.1, -0.05) is 22.0 Å². The van der Waals surface area contributed by atoms with E-state index in [0.717, 1.165) is 18.6 Å². The number of fused-ring (bicyclic) bond motifs is 1. The zero-order chi connectivity index (χ0) is 14.8. The Morgan fingerprint density at radius 3 is 2.57 bits per heavy atom. The Balaban J connectivity index is 1.86. The number of nitro benzene ring substituents is 1. The first-order chi connectivity index (χ1) is 10.2. The van der Waals surface area contributed by atoms with Crippen molar-refractivity contribution >= 4 is 21.6 Å². The van der Waals surface area contributed by atoms with Gasteiger partial charge in [0.25, 0.3) is 5.69 Å². The molecule has 1 aliphatic carbocycles. The molecule has 0 aromatic heterocycles. The van der Waals surface area contributed by atoms with Gasteiger partial charge in [0.05, 0.1) is 4.92 Å². The summed E-state index contributed by atoms with van der Waals surface area (Å²) < 4.78 is 5.84. The number of aryl methyl sites for hydroxylation is 2. The highest BCUT2D eigenvalue weighted by molar-refractivity contribution is 9.08. The third kappa shape index (κ3) is 2.93. The first-order valence-electron chi connectivity index (χ1n) is 6.80. The third-order valence-corrected chi connectivity index (χ3v) is 4.30. The van der Waals surface area contributed by atoms with Crippen LogP contribution in [0.25, 0.3) is 0 Å². The fourth-order valence-electron chi connectivity index (χ4n) is 2.66. The summed E-state index contributed by atoms with van der Waals surface area (Å²) in [5, 5.41) is 11.3. The van der Waals surface area contributed by atoms with Crippen LogP contribution < -0.4 is 4.74 Å². The summed E-state index contributed by atoms with van der Waals surface area (Å²) in [6.45, 7) is 0. The fourth-order valence-corrected chi connectivity index (χ4v) is 3.11. The van der Waals surface area contributed by atoms with Gasteiger partial charge in [-0.15, -0.1) is 0 Å². The first kappa shape index (κ1) is 14.1. The number of benzene rings is 2. The lowest BCUT2D eigenvalue weighted by atomic mass is 10.1. The molecule has 2 aromatic carbocycles. The number of hydrogen-bond donors (Lipinski definition) is 0. The average molecular weight is 348 g/mol. The van der Waals surface area contributed by atoms with E-state index in [1.165, 1.54) is 23.6 Å². The maximum Gasteiger partial charge on any atom is 0.273 e. The van der Waals surface area contributed by atoms with E-state index in [9.17, 15) is 10.1 Å². The van der Waals surface area contributed by atoms with Gasteiger partial charge >= 0.3 is 0 Å². The predicted molar refractivity (Wildman–Crippen MR) is 84.3 cm³/mol. The quantitative estimate of drug-likeness (QED) is 0.454. The minimum absolute atomic E-state index is 0.105. The van der Waals surface area contributed by atoms with Crippen molar-refractivity contribution in [3.8, 4) is 11.5 Å². The van der Waals surface area contributed by atoms with Crippen molar-refractivity contribution in [1.82, 2.24) is 0 Å². The van der Waals surface area contributed by atoms with Gasteiger partial charge in [0, 0.05) is 17.0 Å². The Hall–Kier alpha value is -1.88. The van der Waals surface area contributed by atoms with E-state index in [1.54, 1.807) is 12.1 Å². The van der Waals surface area contributed by atoms with Gasteiger partial charge in [-0.2, -0.15) is 0 Å². The zero-order valence-electron chi connectivity index (χ0n) is 11.3. The second-order valence-corrected chi connectivity index (χ2v) is 5.63. The van der Waals surface area contributed by atoms with Crippen molar-refractivity contribution < 1.29 is 9.66 Å². The first-order valence-corrected chi connectivity index (χ1v) is 7.92. The summed E-state index contributed by atoms with van der Waals surface area (Å²) in [5.41, 5.74) is 3.45. The van der Waals surface area contributed by atoms with Gasteiger partial charge in [0.2, 0.25) is 0 Å². The molecule has 0 heterocycles. The highest BCUT2D eigenvalue weighted by atomic mass is 79.9. The topological polar surface area (TPSA) is 52.4 Å². The maximum absolute atomic E-state index is 10.9. The Bertz CT molecular complexity index is 700. The zero-order valence-corrected chi connectivity index (χ0v) is 12.9. The highest BCUT2D eigenvalue weighted by Gasteiger charge is 2.15. The lowest BCUT2D eigenvalue weighted by Crippen LogP contribution is -1.94. The molecule has 0 unspecified atom stereocenters. The molecule has 4 nitrogen and oxygen atoms in total. The molecule has 0 aliphatic heterocycles. The van der Waals surface area contributed by atoms with Crippen LogP contribution in [0.2, 0.25) is 0 Å². The van der Waals surface area contributed by atoms with Crippen LogP contribution in [0.3, 0.4) is 0 Å². The molecule has 3 rings (SSSR count). The van der Waals surface area contributed by atoms with Crippen molar-refractivity contribution in [3.05, 3.63) is 63.2 Å². The Morgan fingerprint density at radius 2 is 1.81 bits per heavy atom. The lowest BCUT2D eigenvalue weighted by Gasteiger charge is -2.09. The van der Waals surface area contributed by atoms with Crippen LogP contribution >= 0.6 is 15.9 Å². The molecule has 0 saturated carbocycles. The van der Waals surface area contributed by atoms with Crippen molar-refractivity contribution in [3.63, 3.8) is 0 Å². The van der Waals surface area contributed by atoms with E-state index >= 15 is 0 Å². The van der Waals surface area contributed by atoms with Crippen LogP contribution in [0.1, 0.15) is 23.1 Å². The molecule has 0 spiro atoms. The van der Waals surface area contributed by atoms with E-state index in [1.807, 2.05) is 6.07 Å². The van der Waals surface area contributed by atoms with E-state index in [2.05, 4.69) is 28.1 Å². The van der Waals surface area contributed by atoms with E-state index in [0.29, 0.717) is 16.6 Å². The molecule has 0 saturated heterocycles. The predicted octanol–water partition coefficient (Wildman–Crippen LogP) is 4.77. The molecule has 0 radical (unpaired) electrons. The van der Waals surface area contributed by atoms with Crippen molar-refractivity contribution in [2.75, 3.05) is 0 Å². The molecule has 0 amide bonds. The number of rotatable bonds is 4. The molecular weight excluding hydrogens is 334 g/mol. The smallest absolute Gasteiger partial charge is 0.273 e. The SMILES string of the molecule is O=[N+]([O-])c1ccc(Oc2ccc3c(c2)CCC3)cc1CBr. The van der Waals surface area contributed by atoms with Crippen LogP contribution in [0.15, 0.2) is 36.4 Å². The number of hydrogen-bond acceptors (Lipinski definition) is 3. The van der Waals surface area contributed by atoms with Crippen molar-refractivity contribution in [2.45, 2.75) is 24.6 Å². The monoisotopic (exact) mass is 347 g/mol. The summed E-state index contributed by atoms with van der Waals surface area (Å²) in [6.07, 6.45) is 3.43. The molecule has 0 fully saturated rings. The Kier molecular flexibility index (Phi) is 3.92. The van der Waals surface area contributed by atoms with Gasteiger partial charge in [-0.05, 0) is 54.7 Å². The van der Waals surface area contributed by atoms with Gasteiger partial charge in [-0.25, -0.2) is 0 Å². The molecule has 0 atom stereocenters. The van der Waals surface area contributed by atoms with Gasteiger partial charge < -0.3 is 4.74 Å². The molecule has 2 aromatic rings. The van der Waals surface area contributed by atoms with Gasteiger partial charge in [0.1, 0.15) is 11.5 Å². The maximum atomic E-state index is 10.9. The van der Waals surface area contributed by atoms with Gasteiger partial charge in [-0.3, -0.25) is 10.1 Å². The van der Waals surface area contributed by atoms with Crippen molar-refractivity contribution in [1.29, 1.82) is 0 Å². The highest BCUT2D eigenvalue weighted by Crippen LogP contribution is 2.31. The molecule has 0 N–H and O–H groups in total. The molecule has 0 bridgehead atoms. The second-order valence-electron chi connectivity index (χ2n) is 5.07. The Morgan fingerprint density at radius 1 is 1.10 bits per heavy atom. The van der Waals surface area contributed by atoms with E-state index in [-0.39, 0.29) is 10.6 Å². The van der Waals surface area contributed by atoms with Crippen molar-refractivity contribution in [2.24, 2.45) is 0 Å². The number of halogens is 1. The molecule has 5 heteroatoms.